The average Bonchev–Trinajstić information content (AvgIpc) is 2.29. The first kappa shape index (κ1) is 13.5. The number of piperidine rings is 1. The van der Waals surface area contributed by atoms with Crippen LogP contribution in [0.1, 0.15) is 33.1 Å². The maximum Gasteiger partial charge on any atom is 0.240 e. The molecule has 0 aromatic carbocycles. The molecular formula is C12H25N3O. The van der Waals surface area contributed by atoms with Crippen molar-refractivity contribution in [2.24, 2.45) is 0 Å². The number of rotatable bonds is 5. The molecule has 0 aromatic heterocycles. The second-order valence-electron chi connectivity index (χ2n) is 4.87. The third-order valence-corrected chi connectivity index (χ3v) is 3.44. The molecule has 0 radical (unpaired) electrons. The van der Waals surface area contributed by atoms with E-state index in [-0.39, 0.29) is 11.4 Å². The monoisotopic (exact) mass is 227 g/mol. The number of carbonyl (C=O) groups excluding carboxylic acids is 1. The van der Waals surface area contributed by atoms with Gasteiger partial charge in [0.05, 0.1) is 5.54 Å². The highest BCUT2D eigenvalue weighted by Crippen LogP contribution is 2.18. The summed E-state index contributed by atoms with van der Waals surface area (Å²) in [4.78, 5) is 14.2. The number of likely N-dealkylation sites (N-methyl/N-ethyl adjacent to an activating group) is 1. The zero-order chi connectivity index (χ0) is 12.0. The van der Waals surface area contributed by atoms with E-state index in [2.05, 4.69) is 29.5 Å². The molecule has 94 valence electrons. The van der Waals surface area contributed by atoms with Crippen LogP contribution >= 0.6 is 0 Å². The fourth-order valence-electron chi connectivity index (χ4n) is 1.96. The van der Waals surface area contributed by atoms with Gasteiger partial charge in [0.15, 0.2) is 0 Å². The Balaban J connectivity index is 2.28. The summed E-state index contributed by atoms with van der Waals surface area (Å²) < 4.78 is 0. The summed E-state index contributed by atoms with van der Waals surface area (Å²) in [7, 11) is 2.06. The quantitative estimate of drug-likeness (QED) is 0.722. The number of hydrogen-bond donors (Lipinski definition) is 2. The lowest BCUT2D eigenvalue weighted by Gasteiger charge is -2.33. The van der Waals surface area contributed by atoms with Crippen LogP contribution in [0.2, 0.25) is 0 Å². The van der Waals surface area contributed by atoms with Gasteiger partial charge in [-0.1, -0.05) is 6.92 Å². The fraction of sp³-hybridized carbons (Fsp3) is 0.917. The summed E-state index contributed by atoms with van der Waals surface area (Å²) in [5.41, 5.74) is -0.344. The van der Waals surface area contributed by atoms with Crippen LogP contribution in [0.25, 0.3) is 0 Å². The van der Waals surface area contributed by atoms with Gasteiger partial charge in [0.25, 0.3) is 0 Å². The van der Waals surface area contributed by atoms with E-state index < -0.39 is 0 Å². The van der Waals surface area contributed by atoms with Crippen LogP contribution in [0.5, 0.6) is 0 Å². The van der Waals surface area contributed by atoms with E-state index in [1.807, 2.05) is 6.92 Å². The second kappa shape index (κ2) is 6.21. The van der Waals surface area contributed by atoms with Crippen molar-refractivity contribution in [3.63, 3.8) is 0 Å². The number of nitrogens with one attached hydrogen (secondary N) is 2. The SMILES string of the molecule is CCN(C)CCNC(=O)C1(C)CCCCN1. The minimum atomic E-state index is -0.344. The van der Waals surface area contributed by atoms with Gasteiger partial charge in [0.1, 0.15) is 0 Å². The standard InChI is InChI=1S/C12H25N3O/c1-4-15(3)10-9-13-11(16)12(2)7-5-6-8-14-12/h14H,4-10H2,1-3H3,(H,13,16). The Morgan fingerprint density at radius 3 is 2.81 bits per heavy atom. The molecule has 0 aliphatic carbocycles. The lowest BCUT2D eigenvalue weighted by Crippen LogP contribution is -2.57. The van der Waals surface area contributed by atoms with Crippen molar-refractivity contribution in [3.05, 3.63) is 0 Å². The van der Waals surface area contributed by atoms with Crippen molar-refractivity contribution in [1.82, 2.24) is 15.5 Å². The number of hydrogen-bond acceptors (Lipinski definition) is 3. The highest BCUT2D eigenvalue weighted by atomic mass is 16.2. The molecular weight excluding hydrogens is 202 g/mol. The lowest BCUT2D eigenvalue weighted by atomic mass is 9.90. The minimum absolute atomic E-state index is 0.150. The molecule has 2 N–H and O–H groups in total. The van der Waals surface area contributed by atoms with Gasteiger partial charge in [-0.05, 0) is 46.3 Å². The third kappa shape index (κ3) is 3.76. The molecule has 1 unspecified atom stereocenters. The Labute approximate surface area is 98.8 Å². The van der Waals surface area contributed by atoms with Crippen LogP contribution in [-0.2, 0) is 4.79 Å². The highest BCUT2D eigenvalue weighted by molar-refractivity contribution is 5.85. The molecule has 1 rings (SSSR count). The van der Waals surface area contributed by atoms with Gasteiger partial charge in [0.2, 0.25) is 5.91 Å². The van der Waals surface area contributed by atoms with Gasteiger partial charge in [0, 0.05) is 13.1 Å². The van der Waals surface area contributed by atoms with Crippen molar-refractivity contribution in [2.45, 2.75) is 38.6 Å². The summed E-state index contributed by atoms with van der Waals surface area (Å²) in [5, 5.41) is 6.34. The summed E-state index contributed by atoms with van der Waals surface area (Å²) in [6.45, 7) is 7.75. The molecule has 1 saturated heterocycles. The topological polar surface area (TPSA) is 44.4 Å². The van der Waals surface area contributed by atoms with E-state index in [0.717, 1.165) is 39.0 Å². The molecule has 0 aromatic rings. The fourth-order valence-corrected chi connectivity index (χ4v) is 1.96. The van der Waals surface area contributed by atoms with Gasteiger partial charge >= 0.3 is 0 Å². The normalized spacial score (nSPS) is 25.8. The molecule has 4 heteroatoms. The zero-order valence-corrected chi connectivity index (χ0v) is 10.8. The van der Waals surface area contributed by atoms with E-state index in [1.165, 1.54) is 6.42 Å². The lowest BCUT2D eigenvalue weighted by molar-refractivity contribution is -0.127. The van der Waals surface area contributed by atoms with E-state index >= 15 is 0 Å². The Morgan fingerprint density at radius 2 is 2.25 bits per heavy atom. The Hall–Kier alpha value is -0.610. The van der Waals surface area contributed by atoms with Crippen molar-refractivity contribution < 1.29 is 4.79 Å². The molecule has 0 saturated carbocycles. The molecule has 0 spiro atoms. The van der Waals surface area contributed by atoms with Crippen LogP contribution < -0.4 is 10.6 Å². The zero-order valence-electron chi connectivity index (χ0n) is 10.8. The molecule has 1 aliphatic heterocycles. The first-order valence-corrected chi connectivity index (χ1v) is 6.30. The Kier molecular flexibility index (Phi) is 5.22. The molecule has 1 aliphatic rings. The van der Waals surface area contributed by atoms with Gasteiger partial charge in [-0.2, -0.15) is 0 Å². The van der Waals surface area contributed by atoms with Crippen LogP contribution in [0.3, 0.4) is 0 Å². The van der Waals surface area contributed by atoms with Crippen LogP contribution in [0, 0.1) is 0 Å². The van der Waals surface area contributed by atoms with E-state index in [9.17, 15) is 4.79 Å². The van der Waals surface area contributed by atoms with Crippen molar-refractivity contribution in [1.29, 1.82) is 0 Å². The van der Waals surface area contributed by atoms with Crippen molar-refractivity contribution >= 4 is 5.91 Å². The molecule has 0 bridgehead atoms. The summed E-state index contributed by atoms with van der Waals surface area (Å²) in [6.07, 6.45) is 3.27. The average molecular weight is 227 g/mol. The predicted molar refractivity (Wildman–Crippen MR) is 66.4 cm³/mol. The van der Waals surface area contributed by atoms with Crippen molar-refractivity contribution in [2.75, 3.05) is 33.2 Å². The number of nitrogens with zero attached hydrogens (tertiary/aromatic N) is 1. The Morgan fingerprint density at radius 1 is 1.50 bits per heavy atom. The van der Waals surface area contributed by atoms with Crippen LogP contribution in [0.4, 0.5) is 0 Å². The van der Waals surface area contributed by atoms with Gasteiger partial charge in [-0.25, -0.2) is 0 Å². The summed E-state index contributed by atoms with van der Waals surface area (Å²) in [5.74, 6) is 0.150. The largest absolute Gasteiger partial charge is 0.353 e. The van der Waals surface area contributed by atoms with Gasteiger partial charge in [-0.15, -0.1) is 0 Å². The second-order valence-corrected chi connectivity index (χ2v) is 4.87. The Bertz CT molecular complexity index is 224. The van der Waals surface area contributed by atoms with Gasteiger partial charge in [-0.3, -0.25) is 4.79 Å². The number of amides is 1. The third-order valence-electron chi connectivity index (χ3n) is 3.44. The van der Waals surface area contributed by atoms with Gasteiger partial charge < -0.3 is 15.5 Å². The smallest absolute Gasteiger partial charge is 0.240 e. The molecule has 1 amide bonds. The summed E-state index contributed by atoms with van der Waals surface area (Å²) in [6, 6.07) is 0. The van der Waals surface area contributed by atoms with Crippen LogP contribution in [0.15, 0.2) is 0 Å². The molecule has 1 fully saturated rings. The first-order chi connectivity index (χ1) is 7.58. The summed E-state index contributed by atoms with van der Waals surface area (Å²) >= 11 is 0. The molecule has 16 heavy (non-hydrogen) atoms. The van der Waals surface area contributed by atoms with E-state index in [4.69, 9.17) is 0 Å². The molecule has 4 nitrogen and oxygen atoms in total. The highest BCUT2D eigenvalue weighted by Gasteiger charge is 2.33. The number of carbonyl (C=O) groups is 1. The molecule has 1 atom stereocenters. The van der Waals surface area contributed by atoms with E-state index in [1.54, 1.807) is 0 Å². The maximum atomic E-state index is 12.0. The minimum Gasteiger partial charge on any atom is -0.353 e. The van der Waals surface area contributed by atoms with Crippen LogP contribution in [-0.4, -0.2) is 49.6 Å². The van der Waals surface area contributed by atoms with E-state index in [0.29, 0.717) is 0 Å². The predicted octanol–water partition coefficient (Wildman–Crippen LogP) is 0.587. The first-order valence-electron chi connectivity index (χ1n) is 6.30. The van der Waals surface area contributed by atoms with Crippen molar-refractivity contribution in [3.8, 4) is 0 Å². The maximum absolute atomic E-state index is 12.0. The molecule has 1 heterocycles.